The average Bonchev–Trinajstić information content (AvgIpc) is 3.19. The second kappa shape index (κ2) is 9.73. The van der Waals surface area contributed by atoms with Crippen molar-refractivity contribution in [2.45, 2.75) is 17.9 Å². The molecule has 0 amide bonds. The van der Waals surface area contributed by atoms with E-state index < -0.39 is 6.10 Å². The Balaban J connectivity index is 2.01. The predicted octanol–water partition coefficient (Wildman–Crippen LogP) is 4.70. The number of hydrogen-bond donors (Lipinski definition) is 1. The molecule has 180 valence electrons. The quantitative estimate of drug-likeness (QED) is 0.516. The first-order chi connectivity index (χ1) is 16.5. The molecule has 0 saturated heterocycles. The van der Waals surface area contributed by atoms with E-state index in [0.717, 1.165) is 22.3 Å². The molecule has 1 aliphatic carbocycles. The summed E-state index contributed by atoms with van der Waals surface area (Å²) in [6.07, 6.45) is -0.844. The Morgan fingerprint density at radius 2 is 1.12 bits per heavy atom. The maximum absolute atomic E-state index is 11.7. The number of benzene rings is 3. The van der Waals surface area contributed by atoms with Gasteiger partial charge in [0.25, 0.3) is 0 Å². The van der Waals surface area contributed by atoms with Crippen molar-refractivity contribution in [1.29, 1.82) is 0 Å². The van der Waals surface area contributed by atoms with Gasteiger partial charge in [-0.1, -0.05) is 6.07 Å². The van der Waals surface area contributed by atoms with Gasteiger partial charge in [0.15, 0.2) is 0 Å². The number of aliphatic hydroxyl groups excluding tert-OH is 1. The molecule has 4 rings (SSSR count). The van der Waals surface area contributed by atoms with Crippen molar-refractivity contribution < 1.29 is 33.5 Å². The monoisotopic (exact) mass is 466 g/mol. The van der Waals surface area contributed by atoms with Crippen LogP contribution in [0.1, 0.15) is 40.2 Å². The summed E-state index contributed by atoms with van der Waals surface area (Å²) in [6.45, 7) is 0. The highest BCUT2D eigenvalue weighted by Crippen LogP contribution is 2.59. The first-order valence-corrected chi connectivity index (χ1v) is 10.9. The topological polar surface area (TPSA) is 75.6 Å². The Labute approximate surface area is 199 Å². The normalized spacial score (nSPS) is 18.7. The lowest BCUT2D eigenvalue weighted by atomic mass is 9.80. The molecule has 0 bridgehead atoms. The van der Waals surface area contributed by atoms with Gasteiger partial charge in [-0.05, 0) is 35.4 Å². The van der Waals surface area contributed by atoms with Crippen LogP contribution in [0, 0.1) is 0 Å². The summed E-state index contributed by atoms with van der Waals surface area (Å²) in [5.74, 6) is 3.20. The van der Waals surface area contributed by atoms with E-state index in [1.807, 2.05) is 48.5 Å². The molecule has 0 unspecified atom stereocenters. The molecule has 34 heavy (non-hydrogen) atoms. The minimum Gasteiger partial charge on any atom is -0.497 e. The van der Waals surface area contributed by atoms with Crippen molar-refractivity contribution >= 4 is 0 Å². The first kappa shape index (κ1) is 23.6. The van der Waals surface area contributed by atoms with E-state index >= 15 is 0 Å². The molecule has 3 aromatic rings. The molecule has 7 heteroatoms. The molecular formula is C27H30O7. The molecule has 1 aliphatic rings. The van der Waals surface area contributed by atoms with E-state index in [1.165, 1.54) is 0 Å². The van der Waals surface area contributed by atoms with Crippen molar-refractivity contribution in [2.75, 3.05) is 42.7 Å². The van der Waals surface area contributed by atoms with Gasteiger partial charge in [0.05, 0.1) is 48.8 Å². The summed E-state index contributed by atoms with van der Waals surface area (Å²) in [5, 5.41) is 11.7. The molecule has 3 atom stereocenters. The largest absolute Gasteiger partial charge is 0.497 e. The van der Waals surface area contributed by atoms with Crippen LogP contribution in [0.3, 0.4) is 0 Å². The molecule has 0 aromatic heterocycles. The fourth-order valence-electron chi connectivity index (χ4n) is 4.87. The third-order valence-corrected chi connectivity index (χ3v) is 6.46. The predicted molar refractivity (Wildman–Crippen MR) is 128 cm³/mol. The zero-order chi connectivity index (χ0) is 24.4. The molecule has 0 radical (unpaired) electrons. The maximum atomic E-state index is 11.7. The van der Waals surface area contributed by atoms with Crippen LogP contribution >= 0.6 is 0 Å². The molecule has 0 spiro atoms. The molecular weight excluding hydrogens is 436 g/mol. The number of hydrogen-bond acceptors (Lipinski definition) is 7. The van der Waals surface area contributed by atoms with Crippen molar-refractivity contribution in [3.63, 3.8) is 0 Å². The van der Waals surface area contributed by atoms with Gasteiger partial charge in [-0.15, -0.1) is 0 Å². The lowest BCUT2D eigenvalue weighted by molar-refractivity contribution is 0.151. The van der Waals surface area contributed by atoms with Crippen LogP contribution in [-0.2, 0) is 0 Å². The summed E-state index contributed by atoms with van der Waals surface area (Å²) >= 11 is 0. The Morgan fingerprint density at radius 3 is 1.68 bits per heavy atom. The average molecular weight is 467 g/mol. The summed E-state index contributed by atoms with van der Waals surface area (Å²) in [4.78, 5) is 0. The highest BCUT2D eigenvalue weighted by atomic mass is 16.5. The zero-order valence-electron chi connectivity index (χ0n) is 20.2. The fourth-order valence-corrected chi connectivity index (χ4v) is 4.87. The Morgan fingerprint density at radius 1 is 0.559 bits per heavy atom. The van der Waals surface area contributed by atoms with Crippen LogP contribution in [0.4, 0.5) is 0 Å². The molecule has 7 nitrogen and oxygen atoms in total. The molecule has 0 aliphatic heterocycles. The van der Waals surface area contributed by atoms with E-state index in [0.29, 0.717) is 34.5 Å². The number of ether oxygens (including phenoxy) is 6. The van der Waals surface area contributed by atoms with Crippen LogP contribution in [0.5, 0.6) is 34.5 Å². The minimum atomic E-state index is -0.844. The number of fused-ring (bicyclic) bond motifs is 1. The lowest BCUT2D eigenvalue weighted by Crippen LogP contribution is -2.13. The number of aliphatic hydroxyl groups is 1. The van der Waals surface area contributed by atoms with Crippen molar-refractivity contribution in [3.05, 3.63) is 70.8 Å². The van der Waals surface area contributed by atoms with Gasteiger partial charge in [0, 0.05) is 41.2 Å². The number of methoxy groups -OCH3 is 6. The van der Waals surface area contributed by atoms with Gasteiger partial charge in [-0.2, -0.15) is 0 Å². The smallest absolute Gasteiger partial charge is 0.126 e. The van der Waals surface area contributed by atoms with Crippen LogP contribution in [0.2, 0.25) is 0 Å². The Hall–Kier alpha value is -3.58. The van der Waals surface area contributed by atoms with E-state index in [4.69, 9.17) is 28.4 Å². The van der Waals surface area contributed by atoms with Gasteiger partial charge in [-0.25, -0.2) is 0 Å². The van der Waals surface area contributed by atoms with E-state index in [-0.39, 0.29) is 11.8 Å². The summed E-state index contributed by atoms with van der Waals surface area (Å²) in [5.41, 5.74) is 3.39. The minimum absolute atomic E-state index is 0.280. The van der Waals surface area contributed by atoms with Crippen molar-refractivity contribution in [2.24, 2.45) is 0 Å². The summed E-state index contributed by atoms with van der Waals surface area (Å²) in [6, 6.07) is 15.1. The zero-order valence-corrected chi connectivity index (χ0v) is 20.2. The highest BCUT2D eigenvalue weighted by molar-refractivity contribution is 5.61. The molecule has 0 fully saturated rings. The highest BCUT2D eigenvalue weighted by Gasteiger charge is 2.45. The third-order valence-electron chi connectivity index (χ3n) is 6.46. The summed E-state index contributed by atoms with van der Waals surface area (Å²) in [7, 11) is 9.66. The van der Waals surface area contributed by atoms with Gasteiger partial charge in [0.1, 0.15) is 34.5 Å². The molecule has 0 heterocycles. The molecule has 1 N–H and O–H groups in total. The second-order valence-corrected chi connectivity index (χ2v) is 8.03. The summed E-state index contributed by atoms with van der Waals surface area (Å²) < 4.78 is 33.5. The maximum Gasteiger partial charge on any atom is 0.126 e. The Kier molecular flexibility index (Phi) is 6.75. The van der Waals surface area contributed by atoms with Crippen LogP contribution in [0.25, 0.3) is 0 Å². The molecule has 3 aromatic carbocycles. The Bertz CT molecular complexity index is 1150. The number of rotatable bonds is 8. The van der Waals surface area contributed by atoms with Crippen LogP contribution in [-0.4, -0.2) is 47.8 Å². The molecule has 0 saturated carbocycles. The first-order valence-electron chi connectivity index (χ1n) is 10.9. The standard InChI is InChI=1S/C27H30O7/c1-29-16-7-8-20(22(13-16)33-5)26-24(15-9-17(30-2)11-18(10-15)31-3)25-21(27(26)28)12-19(32-4)14-23(25)34-6/h7-14,24,26-28H,1-6H3/t24-,26+,27+/m0/s1. The van der Waals surface area contributed by atoms with Gasteiger partial charge in [0.2, 0.25) is 0 Å². The van der Waals surface area contributed by atoms with Gasteiger partial charge in [-0.3, -0.25) is 0 Å². The van der Waals surface area contributed by atoms with Gasteiger partial charge < -0.3 is 33.5 Å². The second-order valence-electron chi connectivity index (χ2n) is 8.03. The van der Waals surface area contributed by atoms with E-state index in [9.17, 15) is 5.11 Å². The SMILES string of the molecule is COc1cc(OC)cc([C@H]2c3c(OC)cc(OC)cc3[C@@H](O)[C@@H]2c2ccc(OC)cc2OC)c1. The van der Waals surface area contributed by atoms with Gasteiger partial charge >= 0.3 is 0 Å². The van der Waals surface area contributed by atoms with E-state index in [2.05, 4.69) is 0 Å². The lowest BCUT2D eigenvalue weighted by Gasteiger charge is -2.26. The van der Waals surface area contributed by atoms with E-state index in [1.54, 1.807) is 42.7 Å². The van der Waals surface area contributed by atoms with Crippen LogP contribution < -0.4 is 28.4 Å². The van der Waals surface area contributed by atoms with Crippen molar-refractivity contribution in [1.82, 2.24) is 0 Å². The van der Waals surface area contributed by atoms with Crippen molar-refractivity contribution in [3.8, 4) is 34.5 Å². The van der Waals surface area contributed by atoms with Crippen LogP contribution in [0.15, 0.2) is 48.5 Å². The third kappa shape index (κ3) is 3.96. The fraction of sp³-hybridized carbons (Fsp3) is 0.333.